The molecule has 0 aliphatic carbocycles. The average Bonchev–Trinajstić information content (AvgIpc) is 2.37. The normalized spacial score (nSPS) is 13.0. The van der Waals surface area contributed by atoms with Gasteiger partial charge in [0.05, 0.1) is 12.9 Å². The Hall–Kier alpha value is -0.830. The van der Waals surface area contributed by atoms with Crippen LogP contribution in [0.15, 0.2) is 0 Å². The Bertz CT molecular complexity index is 419. The van der Waals surface area contributed by atoms with Crippen LogP contribution in [0.4, 0.5) is 13.2 Å². The topological polar surface area (TPSA) is 63.7 Å². The molecule has 0 N–H and O–H groups in total. The highest BCUT2D eigenvalue weighted by atomic mass is 32.2. The number of esters is 1. The van der Waals surface area contributed by atoms with Crippen molar-refractivity contribution in [3.05, 3.63) is 0 Å². The van der Waals surface area contributed by atoms with E-state index in [2.05, 4.69) is 4.74 Å². The van der Waals surface area contributed by atoms with E-state index in [0.29, 0.717) is 17.1 Å². The van der Waals surface area contributed by atoms with Crippen molar-refractivity contribution in [1.29, 1.82) is 0 Å². The van der Waals surface area contributed by atoms with Crippen molar-refractivity contribution in [3.8, 4) is 0 Å². The maximum Gasteiger partial charge on any atom is 0.402 e. The molecule has 0 aliphatic rings. The van der Waals surface area contributed by atoms with E-state index >= 15 is 0 Å². The first kappa shape index (κ1) is 20.2. The second-order valence-electron chi connectivity index (χ2n) is 4.63. The number of sulfonamides is 1. The van der Waals surface area contributed by atoms with Crippen molar-refractivity contribution in [3.63, 3.8) is 0 Å². The molecule has 0 aliphatic heterocycles. The first-order valence-corrected chi connectivity index (χ1v) is 8.31. The summed E-state index contributed by atoms with van der Waals surface area (Å²) in [7, 11) is -2.91. The maximum atomic E-state index is 12.6. The van der Waals surface area contributed by atoms with Crippen LogP contribution in [0.3, 0.4) is 0 Å². The molecule has 0 heterocycles. The molecule has 5 nitrogen and oxygen atoms in total. The molecule has 21 heavy (non-hydrogen) atoms. The van der Waals surface area contributed by atoms with Crippen molar-refractivity contribution >= 4 is 16.0 Å². The van der Waals surface area contributed by atoms with Gasteiger partial charge in [0.25, 0.3) is 0 Å². The zero-order valence-corrected chi connectivity index (χ0v) is 13.3. The molecular formula is C12H22F3NO4S. The maximum absolute atomic E-state index is 12.6. The Balaban J connectivity index is 4.98. The SMILES string of the molecule is CCC(CC)N(CC(F)(F)F)S(=O)(=O)CCCC(=O)OC. The molecule has 0 aromatic carbocycles. The van der Waals surface area contributed by atoms with Crippen molar-refractivity contribution < 1.29 is 31.1 Å². The van der Waals surface area contributed by atoms with Crippen molar-refractivity contribution in [2.45, 2.75) is 51.7 Å². The highest BCUT2D eigenvalue weighted by molar-refractivity contribution is 7.89. The molecule has 0 unspecified atom stereocenters. The molecule has 126 valence electrons. The highest BCUT2D eigenvalue weighted by Gasteiger charge is 2.38. The van der Waals surface area contributed by atoms with Crippen molar-refractivity contribution in [1.82, 2.24) is 4.31 Å². The number of rotatable bonds is 9. The Labute approximate surface area is 123 Å². The number of hydrogen-bond donors (Lipinski definition) is 0. The minimum atomic E-state index is -4.60. The fourth-order valence-corrected chi connectivity index (χ4v) is 3.78. The van der Waals surface area contributed by atoms with Gasteiger partial charge in [0, 0.05) is 12.5 Å². The largest absolute Gasteiger partial charge is 0.469 e. The van der Waals surface area contributed by atoms with Crippen LogP contribution in [0.5, 0.6) is 0 Å². The highest BCUT2D eigenvalue weighted by Crippen LogP contribution is 2.23. The summed E-state index contributed by atoms with van der Waals surface area (Å²) in [5, 5.41) is 0. The predicted molar refractivity (Wildman–Crippen MR) is 72.2 cm³/mol. The molecule has 0 fully saturated rings. The Morgan fingerprint density at radius 2 is 1.76 bits per heavy atom. The summed E-state index contributed by atoms with van der Waals surface area (Å²) < 4.78 is 66.9. The number of alkyl halides is 3. The summed E-state index contributed by atoms with van der Waals surface area (Å²) in [5.41, 5.74) is 0. The zero-order chi connectivity index (χ0) is 16.7. The van der Waals surface area contributed by atoms with Gasteiger partial charge in [-0.1, -0.05) is 13.8 Å². The number of nitrogens with zero attached hydrogens (tertiary/aromatic N) is 1. The molecule has 0 atom stereocenters. The van der Waals surface area contributed by atoms with Gasteiger partial charge in [0.15, 0.2) is 0 Å². The van der Waals surface area contributed by atoms with Gasteiger partial charge in [-0.3, -0.25) is 4.79 Å². The fraction of sp³-hybridized carbons (Fsp3) is 0.917. The van der Waals surface area contributed by atoms with Gasteiger partial charge in [-0.05, 0) is 19.3 Å². The third-order valence-electron chi connectivity index (χ3n) is 3.05. The van der Waals surface area contributed by atoms with Crippen LogP contribution in [0.25, 0.3) is 0 Å². The summed E-state index contributed by atoms with van der Waals surface area (Å²) in [6.45, 7) is 1.78. The van der Waals surface area contributed by atoms with E-state index in [1.54, 1.807) is 13.8 Å². The van der Waals surface area contributed by atoms with E-state index in [-0.39, 0.29) is 12.8 Å². The molecule has 0 rings (SSSR count). The number of methoxy groups -OCH3 is 1. The third-order valence-corrected chi connectivity index (χ3v) is 5.00. The van der Waals surface area contributed by atoms with E-state index < -0.39 is 40.5 Å². The summed E-state index contributed by atoms with van der Waals surface area (Å²) in [6.07, 6.45) is -4.22. The second-order valence-corrected chi connectivity index (χ2v) is 6.67. The van der Waals surface area contributed by atoms with Gasteiger partial charge >= 0.3 is 12.1 Å². The van der Waals surface area contributed by atoms with Gasteiger partial charge in [0.2, 0.25) is 10.0 Å². The number of hydrogen-bond acceptors (Lipinski definition) is 4. The van der Waals surface area contributed by atoms with Crippen LogP contribution in [-0.4, -0.2) is 50.3 Å². The van der Waals surface area contributed by atoms with Crippen LogP contribution in [0, 0.1) is 0 Å². The quantitative estimate of drug-likeness (QED) is 0.608. The lowest BCUT2D eigenvalue weighted by atomic mass is 10.2. The lowest BCUT2D eigenvalue weighted by Crippen LogP contribution is -2.46. The molecular weight excluding hydrogens is 311 g/mol. The van der Waals surface area contributed by atoms with Crippen molar-refractivity contribution in [2.75, 3.05) is 19.4 Å². The summed E-state index contributed by atoms with van der Waals surface area (Å²) in [6, 6.07) is -0.699. The third kappa shape index (κ3) is 7.66. The molecule has 0 saturated carbocycles. The number of carbonyl (C=O) groups excluding carboxylic acids is 1. The molecule has 9 heteroatoms. The lowest BCUT2D eigenvalue weighted by molar-refractivity contribution is -0.141. The summed E-state index contributed by atoms with van der Waals surface area (Å²) in [5.74, 6) is -1.09. The monoisotopic (exact) mass is 333 g/mol. The van der Waals surface area contributed by atoms with E-state index in [1.807, 2.05) is 0 Å². The van der Waals surface area contributed by atoms with Gasteiger partial charge in [-0.15, -0.1) is 0 Å². The molecule has 0 saturated heterocycles. The van der Waals surface area contributed by atoms with Crippen LogP contribution >= 0.6 is 0 Å². The summed E-state index contributed by atoms with van der Waals surface area (Å²) in [4.78, 5) is 10.9. The zero-order valence-electron chi connectivity index (χ0n) is 12.4. The lowest BCUT2D eigenvalue weighted by Gasteiger charge is -2.30. The smallest absolute Gasteiger partial charge is 0.402 e. The number of halogens is 3. The number of ether oxygens (including phenoxy) is 1. The van der Waals surface area contributed by atoms with E-state index in [1.165, 1.54) is 0 Å². The first-order chi connectivity index (χ1) is 9.57. The Kier molecular flexibility index (Phi) is 8.23. The standard InChI is InChI=1S/C12H22F3NO4S/c1-4-10(5-2)16(9-12(13,14)15)21(18,19)8-6-7-11(17)20-3/h10H,4-9H2,1-3H3. The minimum absolute atomic E-state index is 0.0660. The van der Waals surface area contributed by atoms with Crippen LogP contribution in [0.1, 0.15) is 39.5 Å². The molecule has 0 bridgehead atoms. The Morgan fingerprint density at radius 3 is 2.14 bits per heavy atom. The Morgan fingerprint density at radius 1 is 1.24 bits per heavy atom. The van der Waals surface area contributed by atoms with Gasteiger partial charge in [-0.25, -0.2) is 8.42 Å². The van der Waals surface area contributed by atoms with Crippen LogP contribution in [0.2, 0.25) is 0 Å². The molecule has 0 aromatic heterocycles. The number of carbonyl (C=O) groups is 1. The van der Waals surface area contributed by atoms with E-state index in [9.17, 15) is 26.4 Å². The molecule has 0 aromatic rings. The van der Waals surface area contributed by atoms with E-state index in [0.717, 1.165) is 7.11 Å². The predicted octanol–water partition coefficient (Wildman–Crippen LogP) is 2.32. The van der Waals surface area contributed by atoms with Crippen LogP contribution in [-0.2, 0) is 19.6 Å². The van der Waals surface area contributed by atoms with Gasteiger partial charge < -0.3 is 4.74 Å². The molecule has 0 amide bonds. The molecule has 0 spiro atoms. The van der Waals surface area contributed by atoms with Gasteiger partial charge in [0.1, 0.15) is 6.54 Å². The summed E-state index contributed by atoms with van der Waals surface area (Å²) >= 11 is 0. The second kappa shape index (κ2) is 8.57. The van der Waals surface area contributed by atoms with Gasteiger partial charge in [-0.2, -0.15) is 17.5 Å². The van der Waals surface area contributed by atoms with Crippen molar-refractivity contribution in [2.24, 2.45) is 0 Å². The van der Waals surface area contributed by atoms with E-state index in [4.69, 9.17) is 0 Å². The average molecular weight is 333 g/mol. The van der Waals surface area contributed by atoms with Crippen LogP contribution < -0.4 is 0 Å². The minimum Gasteiger partial charge on any atom is -0.469 e. The molecule has 0 radical (unpaired) electrons. The first-order valence-electron chi connectivity index (χ1n) is 6.70. The fourth-order valence-electron chi connectivity index (χ4n) is 1.95.